The summed E-state index contributed by atoms with van der Waals surface area (Å²) in [5, 5.41) is 15.3. The second-order valence-corrected chi connectivity index (χ2v) is 11.4. The fourth-order valence-corrected chi connectivity index (χ4v) is 6.26. The Balaban J connectivity index is 1.30. The summed E-state index contributed by atoms with van der Waals surface area (Å²) < 4.78 is 11.8. The number of nitrogens with one attached hydrogen (secondary N) is 2. The predicted octanol–water partition coefficient (Wildman–Crippen LogP) is 5.79. The van der Waals surface area contributed by atoms with Crippen LogP contribution in [0, 0.1) is 0 Å². The molecule has 3 N–H and O–H groups in total. The summed E-state index contributed by atoms with van der Waals surface area (Å²) in [6, 6.07) is 24.6. The van der Waals surface area contributed by atoms with Gasteiger partial charge in [0.15, 0.2) is 0 Å². The molecule has 8 nitrogen and oxygen atoms in total. The van der Waals surface area contributed by atoms with E-state index in [1.165, 1.54) is 0 Å². The van der Waals surface area contributed by atoms with E-state index in [0.717, 1.165) is 47.1 Å². The molecular formula is C34H38N2O6. The summed E-state index contributed by atoms with van der Waals surface area (Å²) in [6.45, 7) is 2.08. The molecular weight excluding hydrogens is 532 g/mol. The van der Waals surface area contributed by atoms with E-state index in [0.29, 0.717) is 12.8 Å². The smallest absolute Gasteiger partial charge is 0.407 e. The van der Waals surface area contributed by atoms with Crippen molar-refractivity contribution in [3.63, 3.8) is 0 Å². The summed E-state index contributed by atoms with van der Waals surface area (Å²) in [4.78, 5) is 38.6. The minimum Gasteiger partial charge on any atom is -0.481 e. The number of benzene rings is 3. The zero-order valence-corrected chi connectivity index (χ0v) is 23.9. The van der Waals surface area contributed by atoms with Crippen LogP contribution in [0.2, 0.25) is 0 Å². The van der Waals surface area contributed by atoms with E-state index in [1.807, 2.05) is 66.7 Å². The third-order valence-electron chi connectivity index (χ3n) is 8.41. The molecule has 0 heterocycles. The van der Waals surface area contributed by atoms with Gasteiger partial charge in [-0.1, -0.05) is 98.1 Å². The van der Waals surface area contributed by atoms with Crippen molar-refractivity contribution in [1.29, 1.82) is 0 Å². The predicted molar refractivity (Wildman–Crippen MR) is 159 cm³/mol. The second-order valence-electron chi connectivity index (χ2n) is 11.4. The molecule has 3 aromatic rings. The molecule has 1 fully saturated rings. The van der Waals surface area contributed by atoms with Gasteiger partial charge in [0, 0.05) is 5.92 Å². The number of rotatable bonds is 11. The number of alkyl carbamates (subject to hydrolysis) is 1. The van der Waals surface area contributed by atoms with Crippen LogP contribution in [0.5, 0.6) is 0 Å². The molecule has 2 aliphatic carbocycles. The van der Waals surface area contributed by atoms with Gasteiger partial charge in [-0.25, -0.2) is 4.79 Å². The molecule has 0 radical (unpaired) electrons. The van der Waals surface area contributed by atoms with Crippen molar-refractivity contribution < 1.29 is 29.0 Å². The Kier molecular flexibility index (Phi) is 9.22. The van der Waals surface area contributed by atoms with Crippen molar-refractivity contribution in [3.05, 3.63) is 95.6 Å². The number of ether oxygens (including phenoxy) is 2. The van der Waals surface area contributed by atoms with Crippen molar-refractivity contribution >= 4 is 18.0 Å². The van der Waals surface area contributed by atoms with Gasteiger partial charge in [0.05, 0.1) is 24.7 Å². The Morgan fingerprint density at radius 1 is 0.881 bits per heavy atom. The first-order valence-electron chi connectivity index (χ1n) is 14.7. The number of carboxylic acid groups (broad SMARTS) is 1. The number of aliphatic carboxylic acids is 1. The molecule has 1 saturated carbocycles. The number of hydrogen-bond acceptors (Lipinski definition) is 5. The zero-order chi connectivity index (χ0) is 29.5. The Morgan fingerprint density at radius 3 is 2.10 bits per heavy atom. The van der Waals surface area contributed by atoms with Crippen molar-refractivity contribution in [3.8, 4) is 11.1 Å². The highest BCUT2D eigenvalue weighted by Crippen LogP contribution is 2.44. The quantitative estimate of drug-likeness (QED) is 0.269. The van der Waals surface area contributed by atoms with Crippen molar-refractivity contribution in [1.82, 2.24) is 10.6 Å². The number of fused-ring (bicyclic) bond motifs is 3. The third-order valence-corrected chi connectivity index (χ3v) is 8.41. The Bertz CT molecular complexity index is 1360. The summed E-state index contributed by atoms with van der Waals surface area (Å²) in [7, 11) is 0. The molecule has 0 aliphatic heterocycles. The van der Waals surface area contributed by atoms with Gasteiger partial charge in [-0.3, -0.25) is 9.59 Å². The number of carbonyl (C=O) groups excluding carboxylic acids is 2. The van der Waals surface area contributed by atoms with Crippen LogP contribution >= 0.6 is 0 Å². The number of carbonyl (C=O) groups is 3. The number of amides is 2. The van der Waals surface area contributed by atoms with E-state index < -0.39 is 35.7 Å². The lowest BCUT2D eigenvalue weighted by Gasteiger charge is -2.38. The Morgan fingerprint density at radius 2 is 1.48 bits per heavy atom. The maximum atomic E-state index is 13.7. The topological polar surface area (TPSA) is 114 Å². The van der Waals surface area contributed by atoms with Gasteiger partial charge in [0.2, 0.25) is 5.91 Å². The molecule has 0 saturated heterocycles. The van der Waals surface area contributed by atoms with E-state index in [2.05, 4.69) is 22.8 Å². The summed E-state index contributed by atoms with van der Waals surface area (Å²) in [5.74, 6) is -1.57. The molecule has 0 spiro atoms. The van der Waals surface area contributed by atoms with Crippen LogP contribution in [0.4, 0.5) is 4.79 Å². The normalized spacial score (nSPS) is 16.9. The standard InChI is InChI=1S/C34H38N2O6/c1-23(41-21-24-12-4-2-5-13-24)31(32(39)36-34(20-30(37)38)18-10-3-11-19-34)35-33(40)42-22-29-27-16-8-6-14-25(27)26-15-7-9-17-28(26)29/h2,4-9,12-17,23,29,31H,3,10-11,18-22H2,1H3,(H,35,40)(H,36,39)(H,37,38). The number of hydrogen-bond donors (Lipinski definition) is 3. The van der Waals surface area contributed by atoms with Crippen molar-refractivity contribution in [2.24, 2.45) is 0 Å². The van der Waals surface area contributed by atoms with Crippen LogP contribution in [0.1, 0.15) is 68.1 Å². The number of carboxylic acids is 1. The minimum atomic E-state index is -1.09. The Labute approximate surface area is 246 Å². The minimum absolute atomic E-state index is 0.108. The molecule has 8 heteroatoms. The maximum Gasteiger partial charge on any atom is 0.407 e. The molecule has 3 aromatic carbocycles. The molecule has 2 unspecified atom stereocenters. The highest BCUT2D eigenvalue weighted by molar-refractivity contribution is 5.87. The van der Waals surface area contributed by atoms with Gasteiger partial charge < -0.3 is 25.2 Å². The monoisotopic (exact) mass is 570 g/mol. The van der Waals surface area contributed by atoms with E-state index in [9.17, 15) is 19.5 Å². The van der Waals surface area contributed by atoms with Crippen molar-refractivity contribution in [2.75, 3.05) is 6.61 Å². The van der Waals surface area contributed by atoms with Gasteiger partial charge in [0.25, 0.3) is 0 Å². The summed E-state index contributed by atoms with van der Waals surface area (Å²) in [6.07, 6.45) is 2.18. The first-order chi connectivity index (χ1) is 20.3. The fourth-order valence-electron chi connectivity index (χ4n) is 6.26. The van der Waals surface area contributed by atoms with Crippen LogP contribution in [0.25, 0.3) is 11.1 Å². The first kappa shape index (κ1) is 29.3. The molecule has 2 aliphatic rings. The molecule has 5 rings (SSSR count). The highest BCUT2D eigenvalue weighted by Gasteiger charge is 2.39. The van der Waals surface area contributed by atoms with Crippen LogP contribution in [0.15, 0.2) is 78.9 Å². The van der Waals surface area contributed by atoms with Crippen LogP contribution in [0.3, 0.4) is 0 Å². The van der Waals surface area contributed by atoms with E-state index in [1.54, 1.807) is 6.92 Å². The molecule has 0 aromatic heterocycles. The van der Waals surface area contributed by atoms with Crippen molar-refractivity contribution in [2.45, 2.75) is 75.7 Å². The van der Waals surface area contributed by atoms with Gasteiger partial charge in [-0.05, 0) is 47.6 Å². The molecule has 2 amide bonds. The third kappa shape index (κ3) is 6.82. The average molecular weight is 571 g/mol. The van der Waals surface area contributed by atoms with E-state index in [4.69, 9.17) is 9.47 Å². The molecule has 220 valence electrons. The summed E-state index contributed by atoms with van der Waals surface area (Å²) >= 11 is 0. The largest absolute Gasteiger partial charge is 0.481 e. The van der Waals surface area contributed by atoms with Gasteiger partial charge in [0.1, 0.15) is 12.6 Å². The fraction of sp³-hybridized carbons (Fsp3) is 0.382. The average Bonchev–Trinajstić information content (AvgIpc) is 3.31. The molecule has 42 heavy (non-hydrogen) atoms. The van der Waals surface area contributed by atoms with E-state index in [-0.39, 0.29) is 25.6 Å². The van der Waals surface area contributed by atoms with Crippen LogP contribution < -0.4 is 10.6 Å². The molecule has 2 atom stereocenters. The zero-order valence-electron chi connectivity index (χ0n) is 23.9. The van der Waals surface area contributed by atoms with Crippen LogP contribution in [-0.2, 0) is 25.7 Å². The lowest BCUT2D eigenvalue weighted by molar-refractivity contribution is -0.140. The SMILES string of the molecule is CC(OCc1ccccc1)C(NC(=O)OCC1c2ccccc2-c2ccccc21)C(=O)NC1(CC(=O)O)CCCCC1. The van der Waals surface area contributed by atoms with Gasteiger partial charge in [-0.2, -0.15) is 0 Å². The summed E-state index contributed by atoms with van der Waals surface area (Å²) in [5.41, 5.74) is 4.50. The second kappa shape index (κ2) is 13.2. The van der Waals surface area contributed by atoms with Gasteiger partial charge in [-0.15, -0.1) is 0 Å². The van der Waals surface area contributed by atoms with Crippen LogP contribution in [-0.4, -0.2) is 47.4 Å². The highest BCUT2D eigenvalue weighted by atomic mass is 16.5. The Hall–Kier alpha value is -4.17. The maximum absolute atomic E-state index is 13.7. The lowest BCUT2D eigenvalue weighted by atomic mass is 9.79. The van der Waals surface area contributed by atoms with Gasteiger partial charge >= 0.3 is 12.1 Å². The first-order valence-corrected chi connectivity index (χ1v) is 14.7. The molecule has 0 bridgehead atoms. The lowest BCUT2D eigenvalue weighted by Crippen LogP contribution is -2.60. The van der Waals surface area contributed by atoms with E-state index >= 15 is 0 Å².